The molecule has 1 aliphatic heterocycles. The molecule has 136 valence electrons. The summed E-state index contributed by atoms with van der Waals surface area (Å²) < 4.78 is 0. The lowest BCUT2D eigenvalue weighted by molar-refractivity contribution is -0.119. The highest BCUT2D eigenvalue weighted by atomic mass is 32.1. The zero-order valence-corrected chi connectivity index (χ0v) is 14.8. The van der Waals surface area contributed by atoms with Gasteiger partial charge in [-0.1, -0.05) is 0 Å². The topological polar surface area (TPSA) is 121 Å². The number of carbonyl (C=O) groups excluding carboxylic acids is 1. The predicted octanol–water partition coefficient (Wildman–Crippen LogP) is 2.39. The van der Waals surface area contributed by atoms with Gasteiger partial charge in [0.05, 0.1) is 11.3 Å². The van der Waals surface area contributed by atoms with Crippen LogP contribution < -0.4 is 16.0 Å². The first-order chi connectivity index (χ1) is 13.1. The molecule has 0 radical (unpaired) electrons. The average Bonchev–Trinajstić information content (AvgIpc) is 3.30. The van der Waals surface area contributed by atoms with Crippen LogP contribution in [0.25, 0.3) is 0 Å². The maximum atomic E-state index is 12.5. The number of aromatic nitrogens is 2. The summed E-state index contributed by atoms with van der Waals surface area (Å²) in [5.41, 5.74) is 7.64. The predicted molar refractivity (Wildman–Crippen MR) is 101 cm³/mol. The number of thiophene rings is 1. The number of carbonyl (C=O) groups is 2. The average molecular weight is 381 g/mol. The van der Waals surface area contributed by atoms with Gasteiger partial charge in [0.25, 0.3) is 0 Å². The molecule has 4 heterocycles. The molecule has 1 aliphatic rings. The van der Waals surface area contributed by atoms with E-state index in [0.29, 0.717) is 17.1 Å². The maximum absolute atomic E-state index is 12.5. The van der Waals surface area contributed by atoms with Crippen molar-refractivity contribution in [3.63, 3.8) is 0 Å². The zero-order chi connectivity index (χ0) is 19.0. The summed E-state index contributed by atoms with van der Waals surface area (Å²) in [4.78, 5) is 34.2. The van der Waals surface area contributed by atoms with E-state index in [1.54, 1.807) is 29.4 Å². The third kappa shape index (κ3) is 2.87. The second kappa shape index (κ2) is 6.69. The van der Waals surface area contributed by atoms with Crippen molar-refractivity contribution in [1.82, 2.24) is 9.97 Å². The molecular formula is C18H15N5O3S. The van der Waals surface area contributed by atoms with Crippen molar-refractivity contribution in [1.29, 1.82) is 0 Å². The van der Waals surface area contributed by atoms with Crippen LogP contribution in [0, 0.1) is 0 Å². The van der Waals surface area contributed by atoms with Gasteiger partial charge in [-0.2, -0.15) is 11.3 Å². The van der Waals surface area contributed by atoms with Crippen molar-refractivity contribution in [3.8, 4) is 0 Å². The molecule has 0 saturated carbocycles. The van der Waals surface area contributed by atoms with Crippen LogP contribution in [0.1, 0.15) is 33.7 Å². The van der Waals surface area contributed by atoms with Crippen LogP contribution in [0.3, 0.4) is 0 Å². The van der Waals surface area contributed by atoms with Crippen LogP contribution >= 0.6 is 11.3 Å². The lowest BCUT2D eigenvalue weighted by Gasteiger charge is -2.33. The molecule has 0 saturated heterocycles. The van der Waals surface area contributed by atoms with Crippen LogP contribution in [-0.4, -0.2) is 27.0 Å². The van der Waals surface area contributed by atoms with E-state index in [9.17, 15) is 14.7 Å². The maximum Gasteiger partial charge on any atom is 0.338 e. The highest BCUT2D eigenvalue weighted by Gasteiger charge is 2.41. The Kier molecular flexibility index (Phi) is 4.21. The Morgan fingerprint density at radius 2 is 2.00 bits per heavy atom. The summed E-state index contributed by atoms with van der Waals surface area (Å²) in [6.45, 7) is 0. The van der Waals surface area contributed by atoms with Crippen molar-refractivity contribution >= 4 is 34.7 Å². The Hall–Kier alpha value is -3.46. The lowest BCUT2D eigenvalue weighted by atomic mass is 10.0. The molecule has 2 unspecified atom stereocenters. The number of primary amides is 1. The molecule has 9 heteroatoms. The van der Waals surface area contributed by atoms with E-state index in [-0.39, 0.29) is 5.56 Å². The number of pyridine rings is 2. The number of aromatic carboxylic acids is 1. The molecule has 0 fully saturated rings. The Morgan fingerprint density at radius 1 is 1.22 bits per heavy atom. The van der Waals surface area contributed by atoms with Gasteiger partial charge in [-0.3, -0.25) is 9.78 Å². The number of nitrogens with one attached hydrogen (secondary N) is 1. The summed E-state index contributed by atoms with van der Waals surface area (Å²) in [6, 6.07) is 5.81. The Morgan fingerprint density at radius 3 is 2.63 bits per heavy atom. The number of carboxylic acid groups (broad SMARTS) is 1. The number of amides is 1. The lowest BCUT2D eigenvalue weighted by Crippen LogP contribution is -2.40. The highest BCUT2D eigenvalue weighted by Crippen LogP contribution is 2.47. The largest absolute Gasteiger partial charge is 0.478 e. The fourth-order valence-electron chi connectivity index (χ4n) is 3.28. The van der Waals surface area contributed by atoms with Crippen molar-refractivity contribution in [2.24, 2.45) is 5.73 Å². The number of fused-ring (bicyclic) bond motifs is 1. The molecular weight excluding hydrogens is 366 g/mol. The highest BCUT2D eigenvalue weighted by molar-refractivity contribution is 7.08. The summed E-state index contributed by atoms with van der Waals surface area (Å²) >= 11 is 1.50. The number of carboxylic acids is 1. The molecule has 4 rings (SSSR count). The number of hydrogen-bond acceptors (Lipinski definition) is 7. The van der Waals surface area contributed by atoms with Crippen molar-refractivity contribution in [3.05, 3.63) is 70.3 Å². The standard InChI is InChI=1S/C18H15N5O3S/c19-15(24)13(10-1-5-20-6-2-10)23-14-12(18(25)26)3-7-21-16(14)22-17(23)11-4-8-27-9-11/h1-9,13,17H,(H2,19,24)(H,21,22)(H,25,26). The minimum absolute atomic E-state index is 0.0468. The second-order valence-electron chi connectivity index (χ2n) is 5.96. The van der Waals surface area contributed by atoms with E-state index in [4.69, 9.17) is 5.73 Å². The van der Waals surface area contributed by atoms with Crippen molar-refractivity contribution in [2.75, 3.05) is 10.2 Å². The first kappa shape index (κ1) is 17.0. The zero-order valence-electron chi connectivity index (χ0n) is 13.9. The van der Waals surface area contributed by atoms with Gasteiger partial charge in [-0.25, -0.2) is 9.78 Å². The number of nitrogens with zero attached hydrogens (tertiary/aromatic N) is 3. The van der Waals surface area contributed by atoms with Crippen LogP contribution in [0.5, 0.6) is 0 Å². The van der Waals surface area contributed by atoms with E-state index >= 15 is 0 Å². The smallest absolute Gasteiger partial charge is 0.338 e. The minimum atomic E-state index is -1.11. The van der Waals surface area contributed by atoms with Crippen LogP contribution in [-0.2, 0) is 4.79 Å². The van der Waals surface area contributed by atoms with Gasteiger partial charge in [0.1, 0.15) is 12.2 Å². The van der Waals surface area contributed by atoms with E-state index in [2.05, 4.69) is 15.3 Å². The van der Waals surface area contributed by atoms with Crippen LogP contribution in [0.15, 0.2) is 53.6 Å². The molecule has 0 aliphatic carbocycles. The Labute approximate surface area is 158 Å². The SMILES string of the molecule is NC(=O)C(c1ccncc1)N1c2c(C(=O)O)ccnc2NC1c1ccsc1. The number of nitrogens with two attached hydrogens (primary N) is 1. The molecule has 8 nitrogen and oxygen atoms in total. The van der Waals surface area contributed by atoms with Crippen molar-refractivity contribution < 1.29 is 14.7 Å². The van der Waals surface area contributed by atoms with Gasteiger partial charge in [0.2, 0.25) is 5.91 Å². The monoisotopic (exact) mass is 381 g/mol. The summed E-state index contributed by atoms with van der Waals surface area (Å²) in [6.07, 6.45) is 4.08. The molecule has 0 aromatic carbocycles. The quantitative estimate of drug-likeness (QED) is 0.620. The minimum Gasteiger partial charge on any atom is -0.478 e. The molecule has 4 N–H and O–H groups in total. The molecule has 3 aromatic rings. The van der Waals surface area contributed by atoms with Crippen LogP contribution in [0.4, 0.5) is 11.5 Å². The Balaban J connectivity index is 1.94. The summed E-state index contributed by atoms with van der Waals surface area (Å²) in [7, 11) is 0. The fourth-order valence-corrected chi connectivity index (χ4v) is 3.96. The normalized spacial score (nSPS) is 16.4. The van der Waals surface area contributed by atoms with Gasteiger partial charge in [0, 0.05) is 24.2 Å². The van der Waals surface area contributed by atoms with Crippen molar-refractivity contribution in [2.45, 2.75) is 12.2 Å². The number of rotatable bonds is 5. The third-order valence-corrected chi connectivity index (χ3v) is 5.09. The number of hydrogen-bond donors (Lipinski definition) is 3. The molecule has 2 atom stereocenters. The van der Waals surface area contributed by atoms with Crippen LogP contribution in [0.2, 0.25) is 0 Å². The third-order valence-electron chi connectivity index (χ3n) is 4.39. The van der Waals surface area contributed by atoms with Gasteiger partial charge in [-0.05, 0) is 40.6 Å². The number of anilines is 2. The first-order valence-corrected chi connectivity index (χ1v) is 9.00. The molecule has 27 heavy (non-hydrogen) atoms. The summed E-state index contributed by atoms with van der Waals surface area (Å²) in [5.74, 6) is -1.31. The molecule has 0 spiro atoms. The van der Waals surface area contributed by atoms with E-state index in [1.165, 1.54) is 23.6 Å². The van der Waals surface area contributed by atoms with Gasteiger partial charge < -0.3 is 21.1 Å². The fraction of sp³-hybridized carbons (Fsp3) is 0.111. The molecule has 1 amide bonds. The van der Waals surface area contributed by atoms with Gasteiger partial charge in [0.15, 0.2) is 5.82 Å². The second-order valence-corrected chi connectivity index (χ2v) is 6.74. The van der Waals surface area contributed by atoms with E-state index in [1.807, 2.05) is 16.8 Å². The van der Waals surface area contributed by atoms with E-state index in [0.717, 1.165) is 5.56 Å². The Bertz CT molecular complexity index is 993. The molecule has 3 aromatic heterocycles. The first-order valence-electron chi connectivity index (χ1n) is 8.06. The summed E-state index contributed by atoms with van der Waals surface area (Å²) in [5, 5.41) is 16.7. The molecule has 0 bridgehead atoms. The van der Waals surface area contributed by atoms with E-state index < -0.39 is 24.1 Å². The van der Waals surface area contributed by atoms with Gasteiger partial charge >= 0.3 is 5.97 Å². The van der Waals surface area contributed by atoms with Gasteiger partial charge in [-0.15, -0.1) is 0 Å².